The molecule has 8 nitrogen and oxygen atoms in total. The van der Waals surface area contributed by atoms with Gasteiger partial charge in [-0.25, -0.2) is 9.48 Å². The molecule has 0 bridgehead atoms. The van der Waals surface area contributed by atoms with E-state index >= 15 is 0 Å². The zero-order valence-corrected chi connectivity index (χ0v) is 17.5. The molecule has 2 aromatic heterocycles. The van der Waals surface area contributed by atoms with E-state index in [1.165, 1.54) is 19.2 Å². The minimum Gasteiger partial charge on any atom is -0.480 e. The minimum absolute atomic E-state index is 0.112. The molecule has 0 aliphatic rings. The van der Waals surface area contributed by atoms with Crippen LogP contribution in [0.3, 0.4) is 0 Å². The second-order valence-corrected chi connectivity index (χ2v) is 7.57. The molecule has 146 valence electrons. The molecule has 3 rings (SSSR count). The number of benzene rings is 1. The number of amides is 1. The highest BCUT2D eigenvalue weighted by Crippen LogP contribution is 2.25. The number of aliphatic carboxylic acids is 1. The van der Waals surface area contributed by atoms with Gasteiger partial charge in [-0.3, -0.25) is 9.48 Å². The Labute approximate surface area is 178 Å². The van der Waals surface area contributed by atoms with E-state index in [-0.39, 0.29) is 5.69 Å². The molecule has 3 aromatic rings. The molecule has 11 heteroatoms. The first-order valence-electron chi connectivity index (χ1n) is 8.01. The highest BCUT2D eigenvalue weighted by Gasteiger charge is 2.22. The number of carboxylic acids is 1. The number of anilines is 1. The van der Waals surface area contributed by atoms with Gasteiger partial charge in [-0.2, -0.15) is 10.2 Å². The maximum Gasteiger partial charge on any atom is 0.328 e. The van der Waals surface area contributed by atoms with Crippen molar-refractivity contribution in [3.05, 3.63) is 62.4 Å². The Balaban J connectivity index is 1.77. The van der Waals surface area contributed by atoms with Crippen LogP contribution in [0.5, 0.6) is 0 Å². The molecule has 1 amide bonds. The number of halogens is 3. The second-order valence-electron chi connectivity index (χ2n) is 5.90. The van der Waals surface area contributed by atoms with E-state index in [0.717, 1.165) is 10.2 Å². The maximum absolute atomic E-state index is 12.6. The number of rotatable bonds is 6. The van der Waals surface area contributed by atoms with E-state index < -0.39 is 17.9 Å². The highest BCUT2D eigenvalue weighted by atomic mass is 79.9. The Morgan fingerprint density at radius 1 is 1.29 bits per heavy atom. The Hall–Kier alpha value is -2.36. The van der Waals surface area contributed by atoms with Crippen molar-refractivity contribution in [2.75, 3.05) is 5.32 Å². The maximum atomic E-state index is 12.6. The number of carbonyl (C=O) groups is 2. The van der Waals surface area contributed by atoms with Gasteiger partial charge in [0.2, 0.25) is 0 Å². The van der Waals surface area contributed by atoms with Gasteiger partial charge in [-0.05, 0) is 46.6 Å². The third-order valence-electron chi connectivity index (χ3n) is 3.90. The molecule has 0 saturated heterocycles. The summed E-state index contributed by atoms with van der Waals surface area (Å²) >= 11 is 15.3. The van der Waals surface area contributed by atoms with Crippen LogP contribution in [-0.2, 0) is 11.3 Å². The molecule has 2 heterocycles. The van der Waals surface area contributed by atoms with Crippen LogP contribution in [0.2, 0.25) is 10.0 Å². The van der Waals surface area contributed by atoms with E-state index in [4.69, 9.17) is 28.3 Å². The lowest BCUT2D eigenvalue weighted by Gasteiger charge is -2.11. The van der Waals surface area contributed by atoms with E-state index in [1.807, 2.05) is 6.07 Å². The molecule has 0 aliphatic carbocycles. The van der Waals surface area contributed by atoms with Crippen molar-refractivity contribution in [2.24, 2.45) is 0 Å². The van der Waals surface area contributed by atoms with E-state index in [2.05, 4.69) is 31.4 Å². The van der Waals surface area contributed by atoms with Crippen LogP contribution in [0.4, 0.5) is 5.82 Å². The van der Waals surface area contributed by atoms with Gasteiger partial charge in [-0.1, -0.05) is 29.3 Å². The van der Waals surface area contributed by atoms with Crippen LogP contribution in [0.25, 0.3) is 0 Å². The van der Waals surface area contributed by atoms with Gasteiger partial charge in [0.15, 0.2) is 5.82 Å². The molecule has 1 aromatic carbocycles. The summed E-state index contributed by atoms with van der Waals surface area (Å²) in [7, 11) is 0. The fraction of sp³-hybridized carbons (Fsp3) is 0.176. The number of hydrogen-bond acceptors (Lipinski definition) is 4. The third-order valence-corrected chi connectivity index (χ3v) is 5.22. The minimum atomic E-state index is -1.09. The number of carboxylic acid groups (broad SMARTS) is 1. The molecular weight excluding hydrogens is 473 g/mol. The van der Waals surface area contributed by atoms with E-state index in [1.54, 1.807) is 23.0 Å². The lowest BCUT2D eigenvalue weighted by Crippen LogP contribution is -2.24. The highest BCUT2D eigenvalue weighted by molar-refractivity contribution is 9.10. The fourth-order valence-electron chi connectivity index (χ4n) is 2.47. The third kappa shape index (κ3) is 4.37. The largest absolute Gasteiger partial charge is 0.480 e. The first-order chi connectivity index (χ1) is 13.3. The molecule has 2 N–H and O–H groups in total. The van der Waals surface area contributed by atoms with Crippen molar-refractivity contribution < 1.29 is 14.7 Å². The average molecular weight is 487 g/mol. The first kappa shape index (κ1) is 20.4. The van der Waals surface area contributed by atoms with Crippen molar-refractivity contribution in [3.8, 4) is 0 Å². The Morgan fingerprint density at radius 3 is 2.71 bits per heavy atom. The SMILES string of the molecule is CC(C(=O)O)n1nccc1C(=O)Nc1nn(Cc2ccc(Cl)c(Cl)c2)cc1Br. The normalized spacial score (nSPS) is 12.0. The predicted octanol–water partition coefficient (Wildman–Crippen LogP) is 4.10. The molecule has 0 saturated carbocycles. The van der Waals surface area contributed by atoms with Crippen LogP contribution in [0, 0.1) is 0 Å². The van der Waals surface area contributed by atoms with Gasteiger partial charge in [0, 0.05) is 12.4 Å². The van der Waals surface area contributed by atoms with Gasteiger partial charge in [-0.15, -0.1) is 0 Å². The van der Waals surface area contributed by atoms with Crippen LogP contribution < -0.4 is 5.32 Å². The summed E-state index contributed by atoms with van der Waals surface area (Å²) in [5, 5.41) is 21.0. The standard InChI is InChI=1S/C17H14BrCl2N5O3/c1-9(17(27)28)25-14(4-5-21-25)16(26)22-15-11(18)8-24(23-15)7-10-2-3-12(19)13(20)6-10/h2-6,8-9H,7H2,1H3,(H,27,28)(H,22,23,26). The molecule has 1 unspecified atom stereocenters. The number of carbonyl (C=O) groups excluding carboxylic acids is 1. The molecule has 0 aliphatic heterocycles. The zero-order chi connectivity index (χ0) is 20.4. The summed E-state index contributed by atoms with van der Waals surface area (Å²) < 4.78 is 3.33. The number of aromatic nitrogens is 4. The number of nitrogens with one attached hydrogen (secondary N) is 1. The van der Waals surface area contributed by atoms with Gasteiger partial charge < -0.3 is 10.4 Å². The Bertz CT molecular complexity index is 1050. The van der Waals surface area contributed by atoms with Gasteiger partial charge in [0.05, 0.1) is 21.1 Å². The topological polar surface area (TPSA) is 102 Å². The molecule has 1 atom stereocenters. The van der Waals surface area contributed by atoms with Crippen molar-refractivity contribution in [1.82, 2.24) is 19.6 Å². The van der Waals surface area contributed by atoms with Crippen LogP contribution in [0.1, 0.15) is 29.0 Å². The predicted molar refractivity (Wildman–Crippen MR) is 108 cm³/mol. The van der Waals surface area contributed by atoms with Crippen LogP contribution in [0.15, 0.2) is 41.1 Å². The van der Waals surface area contributed by atoms with E-state index in [9.17, 15) is 9.59 Å². The van der Waals surface area contributed by atoms with Crippen LogP contribution >= 0.6 is 39.1 Å². The Morgan fingerprint density at radius 2 is 2.04 bits per heavy atom. The zero-order valence-electron chi connectivity index (χ0n) is 14.4. The van der Waals surface area contributed by atoms with Gasteiger partial charge in [0.25, 0.3) is 5.91 Å². The molecule has 0 radical (unpaired) electrons. The van der Waals surface area contributed by atoms with Crippen molar-refractivity contribution >= 4 is 56.8 Å². The van der Waals surface area contributed by atoms with Gasteiger partial charge in [0.1, 0.15) is 11.7 Å². The van der Waals surface area contributed by atoms with Crippen molar-refractivity contribution in [3.63, 3.8) is 0 Å². The smallest absolute Gasteiger partial charge is 0.328 e. The average Bonchev–Trinajstić information content (AvgIpc) is 3.24. The second kappa shape index (κ2) is 8.34. The lowest BCUT2D eigenvalue weighted by atomic mass is 10.2. The molecular formula is C17H14BrCl2N5O3. The lowest BCUT2D eigenvalue weighted by molar-refractivity contribution is -0.140. The van der Waals surface area contributed by atoms with Crippen LogP contribution in [-0.4, -0.2) is 36.5 Å². The summed E-state index contributed by atoms with van der Waals surface area (Å²) in [6.07, 6.45) is 3.07. The summed E-state index contributed by atoms with van der Waals surface area (Å²) in [6.45, 7) is 1.85. The number of nitrogens with zero attached hydrogens (tertiary/aromatic N) is 4. The fourth-order valence-corrected chi connectivity index (χ4v) is 3.20. The molecule has 0 fully saturated rings. The number of hydrogen-bond donors (Lipinski definition) is 2. The molecule has 0 spiro atoms. The van der Waals surface area contributed by atoms with Crippen molar-refractivity contribution in [1.29, 1.82) is 0 Å². The summed E-state index contributed by atoms with van der Waals surface area (Å²) in [6, 6.07) is 5.73. The molecule has 28 heavy (non-hydrogen) atoms. The van der Waals surface area contributed by atoms with Crippen molar-refractivity contribution in [2.45, 2.75) is 19.5 Å². The summed E-state index contributed by atoms with van der Waals surface area (Å²) in [5.74, 6) is -1.32. The quantitative estimate of drug-likeness (QED) is 0.546. The first-order valence-corrected chi connectivity index (χ1v) is 9.55. The summed E-state index contributed by atoms with van der Waals surface area (Å²) in [4.78, 5) is 23.7. The monoisotopic (exact) mass is 485 g/mol. The van der Waals surface area contributed by atoms with Gasteiger partial charge >= 0.3 is 5.97 Å². The summed E-state index contributed by atoms with van der Waals surface area (Å²) in [5.41, 5.74) is 0.997. The Kier molecular flexibility index (Phi) is 6.07. The van der Waals surface area contributed by atoms with E-state index in [0.29, 0.717) is 26.9 Å².